The fraction of sp³-hybridized carbons (Fsp3) is 0.300. The number of hydrogen-bond acceptors (Lipinski definition) is 5. The fourth-order valence-corrected chi connectivity index (χ4v) is 2.78. The molecule has 0 saturated heterocycles. The second kappa shape index (κ2) is 8.38. The Hall–Kier alpha value is -3.02. The van der Waals surface area contributed by atoms with Gasteiger partial charge >= 0.3 is 5.97 Å². The Morgan fingerprint density at radius 2 is 1.81 bits per heavy atom. The maximum absolute atomic E-state index is 12.3. The number of fused-ring (bicyclic) bond motifs is 1. The first-order chi connectivity index (χ1) is 12.7. The minimum absolute atomic E-state index is 0.337. The van der Waals surface area contributed by atoms with Gasteiger partial charge in [0.15, 0.2) is 18.1 Å². The zero-order valence-corrected chi connectivity index (χ0v) is 14.6. The number of nitrogens with one attached hydrogen (secondary N) is 1. The summed E-state index contributed by atoms with van der Waals surface area (Å²) in [6.07, 6.45) is 0.604. The molecule has 1 heterocycles. The highest BCUT2D eigenvalue weighted by Gasteiger charge is 2.21. The summed E-state index contributed by atoms with van der Waals surface area (Å²) in [5.41, 5.74) is 1.44. The van der Waals surface area contributed by atoms with E-state index in [1.807, 2.05) is 37.3 Å². The van der Waals surface area contributed by atoms with Crippen LogP contribution in [0.5, 0.6) is 11.5 Å². The minimum Gasteiger partial charge on any atom is -0.486 e. The molecule has 0 saturated carbocycles. The van der Waals surface area contributed by atoms with E-state index < -0.39 is 11.9 Å². The topological polar surface area (TPSA) is 73.9 Å². The second-order valence-corrected chi connectivity index (χ2v) is 5.89. The molecule has 6 nitrogen and oxygen atoms in total. The van der Waals surface area contributed by atoms with Gasteiger partial charge in [0.2, 0.25) is 0 Å². The van der Waals surface area contributed by atoms with Crippen LogP contribution in [0.25, 0.3) is 0 Å². The molecule has 1 aliphatic heterocycles. The van der Waals surface area contributed by atoms with Crippen molar-refractivity contribution in [3.05, 3.63) is 54.1 Å². The molecule has 0 aliphatic carbocycles. The normalized spacial score (nSPS) is 13.6. The molecule has 1 amide bonds. The Kier molecular flexibility index (Phi) is 5.73. The van der Waals surface area contributed by atoms with Crippen LogP contribution in [0.1, 0.15) is 24.8 Å². The quantitative estimate of drug-likeness (QED) is 0.806. The number of esters is 1. The maximum Gasteiger partial charge on any atom is 0.313 e. The number of ether oxygens (including phenoxy) is 3. The summed E-state index contributed by atoms with van der Waals surface area (Å²) in [5, 5.41) is 2.69. The molecule has 1 atom stereocenters. The Bertz CT molecular complexity index is 775. The first kappa shape index (κ1) is 17.8. The van der Waals surface area contributed by atoms with Gasteiger partial charge in [0, 0.05) is 11.8 Å². The zero-order valence-electron chi connectivity index (χ0n) is 14.6. The number of amides is 1. The molecule has 0 radical (unpaired) electrons. The third kappa shape index (κ3) is 4.33. The Labute approximate surface area is 152 Å². The third-order valence-corrected chi connectivity index (χ3v) is 4.07. The van der Waals surface area contributed by atoms with Crippen LogP contribution >= 0.6 is 0 Å². The van der Waals surface area contributed by atoms with E-state index in [2.05, 4.69) is 5.32 Å². The lowest BCUT2D eigenvalue weighted by Crippen LogP contribution is -2.24. The average molecular weight is 355 g/mol. The molecule has 0 aromatic heterocycles. The Balaban J connectivity index is 1.54. The minimum atomic E-state index is -0.406. The van der Waals surface area contributed by atoms with Crippen LogP contribution in [0.2, 0.25) is 0 Å². The van der Waals surface area contributed by atoms with Crippen molar-refractivity contribution in [2.75, 3.05) is 25.1 Å². The average Bonchev–Trinajstić information content (AvgIpc) is 2.68. The highest BCUT2D eigenvalue weighted by Crippen LogP contribution is 2.32. The summed E-state index contributed by atoms with van der Waals surface area (Å²) >= 11 is 0. The molecule has 1 N–H and O–H groups in total. The molecule has 26 heavy (non-hydrogen) atoms. The van der Waals surface area contributed by atoms with Gasteiger partial charge < -0.3 is 19.5 Å². The van der Waals surface area contributed by atoms with Gasteiger partial charge in [-0.25, -0.2) is 0 Å². The van der Waals surface area contributed by atoms with Gasteiger partial charge in [0.1, 0.15) is 13.2 Å². The third-order valence-electron chi connectivity index (χ3n) is 4.07. The van der Waals surface area contributed by atoms with Gasteiger partial charge in [-0.1, -0.05) is 37.3 Å². The summed E-state index contributed by atoms with van der Waals surface area (Å²) in [4.78, 5) is 24.4. The van der Waals surface area contributed by atoms with Crippen molar-refractivity contribution < 1.29 is 23.8 Å². The van der Waals surface area contributed by atoms with Crippen molar-refractivity contribution in [2.24, 2.45) is 0 Å². The summed E-state index contributed by atoms with van der Waals surface area (Å²) < 4.78 is 16.1. The lowest BCUT2D eigenvalue weighted by atomic mass is 9.97. The summed E-state index contributed by atoms with van der Waals surface area (Å²) in [6.45, 7) is 2.55. The van der Waals surface area contributed by atoms with Crippen LogP contribution in [-0.2, 0) is 14.3 Å². The molecule has 1 aliphatic rings. The van der Waals surface area contributed by atoms with Crippen molar-refractivity contribution in [2.45, 2.75) is 19.3 Å². The van der Waals surface area contributed by atoms with Crippen LogP contribution in [0.4, 0.5) is 5.69 Å². The number of benzene rings is 2. The van der Waals surface area contributed by atoms with Gasteiger partial charge in [-0.3, -0.25) is 9.59 Å². The first-order valence-electron chi connectivity index (χ1n) is 8.58. The molecule has 2 aromatic rings. The van der Waals surface area contributed by atoms with Crippen molar-refractivity contribution >= 4 is 17.6 Å². The smallest absolute Gasteiger partial charge is 0.313 e. The number of carbonyl (C=O) groups is 2. The molecule has 136 valence electrons. The lowest BCUT2D eigenvalue weighted by molar-refractivity contribution is -0.149. The van der Waals surface area contributed by atoms with Crippen LogP contribution in [0, 0.1) is 0 Å². The van der Waals surface area contributed by atoms with E-state index in [1.165, 1.54) is 0 Å². The van der Waals surface area contributed by atoms with E-state index in [4.69, 9.17) is 14.2 Å². The highest BCUT2D eigenvalue weighted by atomic mass is 16.6. The fourth-order valence-electron chi connectivity index (χ4n) is 2.78. The van der Waals surface area contributed by atoms with Crippen molar-refractivity contribution in [1.82, 2.24) is 0 Å². The monoisotopic (exact) mass is 355 g/mol. The van der Waals surface area contributed by atoms with E-state index in [9.17, 15) is 9.59 Å². The Morgan fingerprint density at radius 1 is 1.08 bits per heavy atom. The van der Waals surface area contributed by atoms with Gasteiger partial charge in [0.25, 0.3) is 5.91 Å². The SMILES string of the molecule is CCC(C(=O)OCC(=O)Nc1ccc2c(c1)OCCO2)c1ccccc1. The van der Waals surface area contributed by atoms with Crippen molar-refractivity contribution in [3.8, 4) is 11.5 Å². The van der Waals surface area contributed by atoms with Crippen LogP contribution in [0.3, 0.4) is 0 Å². The first-order valence-corrected chi connectivity index (χ1v) is 8.58. The number of carbonyl (C=O) groups excluding carboxylic acids is 2. The zero-order chi connectivity index (χ0) is 18.4. The Morgan fingerprint density at radius 3 is 2.54 bits per heavy atom. The standard InChI is InChI=1S/C20H21NO5/c1-2-16(14-6-4-3-5-7-14)20(23)26-13-19(22)21-15-8-9-17-18(12-15)25-11-10-24-17/h3-9,12,16H,2,10-11,13H2,1H3,(H,21,22). The predicted octanol–water partition coefficient (Wildman–Crippen LogP) is 3.13. The number of anilines is 1. The predicted molar refractivity (Wildman–Crippen MR) is 96.5 cm³/mol. The van der Waals surface area contributed by atoms with Crippen molar-refractivity contribution in [3.63, 3.8) is 0 Å². The van der Waals surface area contributed by atoms with E-state index in [0.29, 0.717) is 36.8 Å². The van der Waals surface area contributed by atoms with Gasteiger partial charge in [-0.15, -0.1) is 0 Å². The van der Waals surface area contributed by atoms with Gasteiger partial charge in [-0.05, 0) is 24.1 Å². The molecule has 1 unspecified atom stereocenters. The molecule has 0 spiro atoms. The number of rotatable bonds is 6. The molecular weight excluding hydrogens is 334 g/mol. The molecule has 2 aromatic carbocycles. The van der Waals surface area contributed by atoms with Gasteiger partial charge in [0.05, 0.1) is 5.92 Å². The highest BCUT2D eigenvalue weighted by molar-refractivity contribution is 5.93. The summed E-state index contributed by atoms with van der Waals surface area (Å²) in [6, 6.07) is 14.5. The van der Waals surface area contributed by atoms with E-state index >= 15 is 0 Å². The maximum atomic E-state index is 12.3. The van der Waals surface area contributed by atoms with Crippen LogP contribution in [-0.4, -0.2) is 31.7 Å². The van der Waals surface area contributed by atoms with E-state index in [1.54, 1.807) is 18.2 Å². The molecule has 0 bridgehead atoms. The summed E-state index contributed by atoms with van der Waals surface area (Å²) in [7, 11) is 0. The molecule has 3 rings (SSSR count). The summed E-state index contributed by atoms with van der Waals surface area (Å²) in [5.74, 6) is 0.0442. The molecule has 6 heteroatoms. The van der Waals surface area contributed by atoms with Gasteiger partial charge in [-0.2, -0.15) is 0 Å². The van der Waals surface area contributed by atoms with Crippen molar-refractivity contribution in [1.29, 1.82) is 0 Å². The molecule has 0 fully saturated rings. The van der Waals surface area contributed by atoms with E-state index in [0.717, 1.165) is 5.56 Å². The largest absolute Gasteiger partial charge is 0.486 e. The van der Waals surface area contributed by atoms with E-state index in [-0.39, 0.29) is 12.5 Å². The van der Waals surface area contributed by atoms with Crippen LogP contribution < -0.4 is 14.8 Å². The molecular formula is C20H21NO5. The second-order valence-electron chi connectivity index (χ2n) is 5.89. The lowest BCUT2D eigenvalue weighted by Gasteiger charge is -2.19. The number of hydrogen-bond donors (Lipinski definition) is 1. The van der Waals surface area contributed by atoms with Crippen LogP contribution in [0.15, 0.2) is 48.5 Å².